The van der Waals surface area contributed by atoms with E-state index in [-0.39, 0.29) is 24.0 Å². The van der Waals surface area contributed by atoms with Gasteiger partial charge < -0.3 is 10.1 Å². The smallest absolute Gasteiger partial charge is 0.319 e. The van der Waals surface area contributed by atoms with Crippen LogP contribution in [0.4, 0.5) is 15.8 Å². The van der Waals surface area contributed by atoms with Crippen LogP contribution in [0.1, 0.15) is 12.5 Å². The van der Waals surface area contributed by atoms with Crippen LogP contribution in [0, 0.1) is 15.9 Å². The van der Waals surface area contributed by atoms with E-state index >= 15 is 0 Å². The number of nitrogens with zero attached hydrogens (tertiary/aromatic N) is 1. The Kier molecular flexibility index (Phi) is 7.30. The summed E-state index contributed by atoms with van der Waals surface area (Å²) in [6, 6.07) is 11.1. The molecule has 1 unspecified atom stereocenters. The van der Waals surface area contributed by atoms with Gasteiger partial charge in [-0.05, 0) is 48.9 Å². The van der Waals surface area contributed by atoms with E-state index in [1.807, 2.05) is 0 Å². The number of nitro groups is 1. The minimum atomic E-state index is -0.568. The normalized spacial score (nSPS) is 11.5. The first kappa shape index (κ1) is 20.4. The van der Waals surface area contributed by atoms with Crippen molar-refractivity contribution in [2.45, 2.75) is 18.8 Å². The third-order valence-corrected chi connectivity index (χ3v) is 4.57. The predicted molar refractivity (Wildman–Crippen MR) is 99.8 cm³/mol. The first-order chi connectivity index (χ1) is 12.8. The molecule has 0 radical (unpaired) electrons. The van der Waals surface area contributed by atoms with Gasteiger partial charge in [0.2, 0.25) is 5.91 Å². The number of nitrogens with one attached hydrogen (secondary N) is 1. The van der Waals surface area contributed by atoms with Gasteiger partial charge in [0, 0.05) is 17.8 Å². The van der Waals surface area contributed by atoms with Crippen molar-refractivity contribution in [3.8, 4) is 0 Å². The minimum absolute atomic E-state index is 0.0104. The number of thioether (sulfide) groups is 1. The molecule has 9 heteroatoms. The first-order valence-corrected chi connectivity index (χ1v) is 8.97. The summed E-state index contributed by atoms with van der Waals surface area (Å²) in [4.78, 5) is 33.9. The van der Waals surface area contributed by atoms with E-state index in [1.165, 1.54) is 48.5 Å². The number of carbonyl (C=O) groups excluding carboxylic acids is 2. The molecule has 2 aromatic carbocycles. The summed E-state index contributed by atoms with van der Waals surface area (Å²) >= 11 is 1.11. The third kappa shape index (κ3) is 6.70. The Hall–Kier alpha value is -2.94. The SMILES string of the molecule is CC(SCC(=O)Nc1ccc(F)cc1)C(=O)OCc1ccc([N+](=O)[O-])cc1. The Morgan fingerprint density at radius 2 is 1.81 bits per heavy atom. The summed E-state index contributed by atoms with van der Waals surface area (Å²) in [6.07, 6.45) is 0. The van der Waals surface area contributed by atoms with E-state index in [0.717, 1.165) is 11.8 Å². The van der Waals surface area contributed by atoms with Gasteiger partial charge in [0.15, 0.2) is 0 Å². The van der Waals surface area contributed by atoms with Crippen LogP contribution in [0.15, 0.2) is 48.5 Å². The second-order valence-electron chi connectivity index (χ2n) is 5.54. The Balaban J connectivity index is 1.73. The van der Waals surface area contributed by atoms with Gasteiger partial charge in [-0.1, -0.05) is 0 Å². The van der Waals surface area contributed by atoms with Crippen LogP contribution in [0.5, 0.6) is 0 Å². The van der Waals surface area contributed by atoms with E-state index in [9.17, 15) is 24.1 Å². The molecular weight excluding hydrogens is 375 g/mol. The standard InChI is InChI=1S/C18H17FN2O5S/c1-12(27-11-17(22)20-15-6-4-14(19)5-7-15)18(23)26-10-13-2-8-16(9-3-13)21(24)25/h2-9,12H,10-11H2,1H3,(H,20,22). The summed E-state index contributed by atoms with van der Waals surface area (Å²) in [6.45, 7) is 1.61. The molecule has 0 aromatic heterocycles. The maximum absolute atomic E-state index is 12.8. The monoisotopic (exact) mass is 392 g/mol. The number of nitro benzene ring substituents is 1. The fraction of sp³-hybridized carbons (Fsp3) is 0.222. The van der Waals surface area contributed by atoms with Gasteiger partial charge in [-0.2, -0.15) is 0 Å². The largest absolute Gasteiger partial charge is 0.460 e. The van der Waals surface area contributed by atoms with E-state index in [2.05, 4.69) is 5.32 Å². The van der Waals surface area contributed by atoms with Crippen LogP contribution in [0.25, 0.3) is 0 Å². The van der Waals surface area contributed by atoms with Crippen molar-refractivity contribution in [2.75, 3.05) is 11.1 Å². The topological polar surface area (TPSA) is 98.5 Å². The predicted octanol–water partition coefficient (Wildman–Crippen LogP) is 3.54. The lowest BCUT2D eigenvalue weighted by molar-refractivity contribution is -0.384. The summed E-state index contributed by atoms with van der Waals surface area (Å²) in [7, 11) is 0. The Morgan fingerprint density at radius 3 is 2.41 bits per heavy atom. The van der Waals surface area contributed by atoms with Crippen molar-refractivity contribution in [3.05, 3.63) is 70.0 Å². The molecule has 0 aliphatic heterocycles. The molecule has 0 spiro atoms. The van der Waals surface area contributed by atoms with Crippen molar-refractivity contribution >= 4 is 35.0 Å². The highest BCUT2D eigenvalue weighted by Gasteiger charge is 2.17. The fourth-order valence-electron chi connectivity index (χ4n) is 1.98. The highest BCUT2D eigenvalue weighted by atomic mass is 32.2. The highest BCUT2D eigenvalue weighted by Crippen LogP contribution is 2.16. The van der Waals surface area contributed by atoms with Gasteiger partial charge in [0.05, 0.1) is 10.7 Å². The van der Waals surface area contributed by atoms with Crippen LogP contribution in [-0.2, 0) is 20.9 Å². The van der Waals surface area contributed by atoms with Gasteiger partial charge >= 0.3 is 5.97 Å². The lowest BCUT2D eigenvalue weighted by Crippen LogP contribution is -2.21. The third-order valence-electron chi connectivity index (χ3n) is 3.45. The average molecular weight is 392 g/mol. The van der Waals surface area contributed by atoms with Crippen LogP contribution in [-0.4, -0.2) is 27.8 Å². The molecule has 1 amide bonds. The van der Waals surface area contributed by atoms with E-state index in [1.54, 1.807) is 6.92 Å². The Morgan fingerprint density at radius 1 is 1.19 bits per heavy atom. The van der Waals surface area contributed by atoms with Gasteiger partial charge in [0.1, 0.15) is 17.7 Å². The molecule has 1 N–H and O–H groups in total. The molecule has 27 heavy (non-hydrogen) atoms. The van der Waals surface area contributed by atoms with E-state index < -0.39 is 22.0 Å². The lowest BCUT2D eigenvalue weighted by atomic mass is 10.2. The number of amides is 1. The van der Waals surface area contributed by atoms with Crippen LogP contribution >= 0.6 is 11.8 Å². The van der Waals surface area contributed by atoms with Crippen LogP contribution < -0.4 is 5.32 Å². The van der Waals surface area contributed by atoms with Crippen molar-refractivity contribution < 1.29 is 23.6 Å². The number of non-ortho nitro benzene ring substituents is 1. The van der Waals surface area contributed by atoms with Crippen molar-refractivity contribution in [2.24, 2.45) is 0 Å². The molecule has 0 aliphatic carbocycles. The van der Waals surface area contributed by atoms with Gasteiger partial charge in [-0.3, -0.25) is 19.7 Å². The number of rotatable bonds is 8. The minimum Gasteiger partial charge on any atom is -0.460 e. The number of hydrogen-bond acceptors (Lipinski definition) is 6. The zero-order chi connectivity index (χ0) is 19.8. The molecule has 0 bridgehead atoms. The van der Waals surface area contributed by atoms with Crippen LogP contribution in [0.3, 0.4) is 0 Å². The highest BCUT2D eigenvalue weighted by molar-refractivity contribution is 8.01. The molecule has 142 valence electrons. The second-order valence-corrected chi connectivity index (χ2v) is 6.87. The Labute approximate surface area is 159 Å². The molecule has 2 aromatic rings. The summed E-state index contributed by atoms with van der Waals surface area (Å²) in [5.74, 6) is -1.17. The molecule has 2 rings (SSSR count). The number of anilines is 1. The lowest BCUT2D eigenvalue weighted by Gasteiger charge is -2.11. The average Bonchev–Trinajstić information content (AvgIpc) is 2.66. The molecule has 0 saturated carbocycles. The molecular formula is C18H17FN2O5S. The zero-order valence-electron chi connectivity index (χ0n) is 14.4. The number of hydrogen-bond donors (Lipinski definition) is 1. The Bertz CT molecular complexity index is 812. The quantitative estimate of drug-likeness (QED) is 0.419. The molecule has 0 saturated heterocycles. The molecule has 0 heterocycles. The number of halogens is 1. The van der Waals surface area contributed by atoms with Crippen molar-refractivity contribution in [1.29, 1.82) is 0 Å². The first-order valence-electron chi connectivity index (χ1n) is 7.92. The number of esters is 1. The van der Waals surface area contributed by atoms with Gasteiger partial charge in [0.25, 0.3) is 5.69 Å². The van der Waals surface area contributed by atoms with E-state index in [0.29, 0.717) is 11.3 Å². The van der Waals surface area contributed by atoms with Crippen molar-refractivity contribution in [1.82, 2.24) is 0 Å². The second kappa shape index (κ2) is 9.67. The van der Waals surface area contributed by atoms with Crippen molar-refractivity contribution in [3.63, 3.8) is 0 Å². The molecule has 7 nitrogen and oxygen atoms in total. The molecule has 1 atom stereocenters. The van der Waals surface area contributed by atoms with E-state index in [4.69, 9.17) is 4.74 Å². The number of carbonyl (C=O) groups is 2. The van der Waals surface area contributed by atoms with Crippen LogP contribution in [0.2, 0.25) is 0 Å². The maximum atomic E-state index is 12.8. The summed E-state index contributed by atoms with van der Waals surface area (Å²) in [5, 5.41) is 12.6. The summed E-state index contributed by atoms with van der Waals surface area (Å²) in [5.41, 5.74) is 1.05. The fourth-order valence-corrected chi connectivity index (χ4v) is 2.66. The van der Waals surface area contributed by atoms with Gasteiger partial charge in [-0.25, -0.2) is 4.39 Å². The maximum Gasteiger partial charge on any atom is 0.319 e. The summed E-state index contributed by atoms with van der Waals surface area (Å²) < 4.78 is 18.0. The molecule has 0 fully saturated rings. The number of benzene rings is 2. The van der Waals surface area contributed by atoms with Gasteiger partial charge in [-0.15, -0.1) is 11.8 Å². The molecule has 0 aliphatic rings. The zero-order valence-corrected chi connectivity index (χ0v) is 15.2. The number of ether oxygens (including phenoxy) is 1.